The van der Waals surface area contributed by atoms with Gasteiger partial charge in [-0.25, -0.2) is 0 Å². The van der Waals surface area contributed by atoms with Crippen LogP contribution < -0.4 is 0 Å². The van der Waals surface area contributed by atoms with Crippen molar-refractivity contribution < 1.29 is 5.11 Å². The molecular formula is C11H14BrNO. The average Bonchev–Trinajstić information content (AvgIpc) is 2.14. The molecule has 0 aliphatic rings. The van der Waals surface area contributed by atoms with Gasteiger partial charge in [-0.05, 0) is 39.1 Å². The third-order valence-electron chi connectivity index (χ3n) is 2.00. The highest BCUT2D eigenvalue weighted by molar-refractivity contribution is 9.10. The Balaban J connectivity index is 2.94. The summed E-state index contributed by atoms with van der Waals surface area (Å²) in [6, 6.07) is 1.98. The molecule has 14 heavy (non-hydrogen) atoms. The molecule has 0 fully saturated rings. The molecule has 3 heteroatoms. The third-order valence-corrected chi connectivity index (χ3v) is 2.44. The first-order valence-corrected chi connectivity index (χ1v) is 5.34. The molecule has 0 aliphatic heterocycles. The SMILES string of the molecule is CC(C)/C(=C/c1cncc(Br)c1)CO. The molecule has 1 N–H and O–H groups in total. The highest BCUT2D eigenvalue weighted by atomic mass is 79.9. The summed E-state index contributed by atoms with van der Waals surface area (Å²) in [5.41, 5.74) is 2.03. The van der Waals surface area contributed by atoms with Crippen molar-refractivity contribution in [2.45, 2.75) is 13.8 Å². The first-order valence-electron chi connectivity index (χ1n) is 4.55. The Labute approximate surface area is 92.8 Å². The third kappa shape index (κ3) is 3.24. The summed E-state index contributed by atoms with van der Waals surface area (Å²) in [5.74, 6) is 0.360. The highest BCUT2D eigenvalue weighted by Crippen LogP contribution is 2.16. The van der Waals surface area contributed by atoms with Gasteiger partial charge in [0.15, 0.2) is 0 Å². The first-order chi connectivity index (χ1) is 6.63. The van der Waals surface area contributed by atoms with E-state index in [1.807, 2.05) is 12.1 Å². The number of halogens is 1. The molecule has 0 amide bonds. The van der Waals surface area contributed by atoms with E-state index in [0.29, 0.717) is 5.92 Å². The molecule has 1 aromatic rings. The Kier molecular flexibility index (Phi) is 4.29. The van der Waals surface area contributed by atoms with Gasteiger partial charge in [-0.2, -0.15) is 0 Å². The van der Waals surface area contributed by atoms with E-state index in [-0.39, 0.29) is 6.61 Å². The molecule has 0 unspecified atom stereocenters. The van der Waals surface area contributed by atoms with E-state index in [0.717, 1.165) is 15.6 Å². The normalized spacial score (nSPS) is 12.2. The minimum absolute atomic E-state index is 0.101. The molecule has 1 aromatic heterocycles. The molecule has 2 nitrogen and oxygen atoms in total. The van der Waals surface area contributed by atoms with E-state index in [2.05, 4.69) is 34.8 Å². The van der Waals surface area contributed by atoms with Crippen LogP contribution in [0.5, 0.6) is 0 Å². The van der Waals surface area contributed by atoms with Crippen molar-refractivity contribution >= 4 is 22.0 Å². The van der Waals surface area contributed by atoms with E-state index < -0.39 is 0 Å². The Morgan fingerprint density at radius 2 is 2.29 bits per heavy atom. The topological polar surface area (TPSA) is 33.1 Å². The van der Waals surface area contributed by atoms with Crippen LogP contribution in [0.15, 0.2) is 28.5 Å². The molecule has 1 heterocycles. The van der Waals surface area contributed by atoms with Crippen molar-refractivity contribution in [2.24, 2.45) is 5.92 Å². The lowest BCUT2D eigenvalue weighted by Crippen LogP contribution is -1.98. The van der Waals surface area contributed by atoms with Crippen LogP contribution in [0, 0.1) is 5.92 Å². The lowest BCUT2D eigenvalue weighted by Gasteiger charge is -2.07. The Hall–Kier alpha value is -0.670. The fraction of sp³-hybridized carbons (Fsp3) is 0.364. The predicted octanol–water partition coefficient (Wildman–Crippen LogP) is 2.88. The van der Waals surface area contributed by atoms with Gasteiger partial charge < -0.3 is 5.11 Å². The van der Waals surface area contributed by atoms with Gasteiger partial charge in [0, 0.05) is 16.9 Å². The number of aliphatic hydroxyl groups excluding tert-OH is 1. The van der Waals surface area contributed by atoms with E-state index in [1.165, 1.54) is 0 Å². The van der Waals surface area contributed by atoms with Crippen LogP contribution in [0.2, 0.25) is 0 Å². The van der Waals surface area contributed by atoms with E-state index in [4.69, 9.17) is 5.11 Å². The summed E-state index contributed by atoms with van der Waals surface area (Å²) in [6.07, 6.45) is 5.50. The Morgan fingerprint density at radius 3 is 2.79 bits per heavy atom. The number of aliphatic hydroxyl groups is 1. The quantitative estimate of drug-likeness (QED) is 0.902. The van der Waals surface area contributed by atoms with Crippen molar-refractivity contribution in [2.75, 3.05) is 6.61 Å². The maximum Gasteiger partial charge on any atom is 0.0647 e. The number of hydrogen-bond acceptors (Lipinski definition) is 2. The second kappa shape index (κ2) is 5.27. The van der Waals surface area contributed by atoms with Crippen LogP contribution in [0.25, 0.3) is 6.08 Å². The van der Waals surface area contributed by atoms with Gasteiger partial charge in [0.25, 0.3) is 0 Å². The Morgan fingerprint density at radius 1 is 1.57 bits per heavy atom. The monoisotopic (exact) mass is 255 g/mol. The summed E-state index contributed by atoms with van der Waals surface area (Å²) in [7, 11) is 0. The van der Waals surface area contributed by atoms with Gasteiger partial charge in [-0.3, -0.25) is 4.98 Å². The summed E-state index contributed by atoms with van der Waals surface area (Å²) in [6.45, 7) is 4.23. The lowest BCUT2D eigenvalue weighted by molar-refractivity contribution is 0.320. The number of rotatable bonds is 3. The standard InChI is InChI=1S/C11H14BrNO/c1-8(2)10(7-14)3-9-4-11(12)6-13-5-9/h3-6,8,14H,7H2,1-2H3/b10-3+. The van der Waals surface area contributed by atoms with Gasteiger partial charge in [0.05, 0.1) is 6.61 Å². The number of pyridine rings is 1. The zero-order valence-corrected chi connectivity index (χ0v) is 9.95. The molecule has 76 valence electrons. The minimum atomic E-state index is 0.101. The van der Waals surface area contributed by atoms with Crippen LogP contribution in [-0.2, 0) is 0 Å². The maximum absolute atomic E-state index is 9.13. The number of nitrogens with zero attached hydrogens (tertiary/aromatic N) is 1. The van der Waals surface area contributed by atoms with E-state index >= 15 is 0 Å². The van der Waals surface area contributed by atoms with Gasteiger partial charge >= 0.3 is 0 Å². The minimum Gasteiger partial charge on any atom is -0.392 e. The predicted molar refractivity (Wildman–Crippen MR) is 61.8 cm³/mol. The second-order valence-corrected chi connectivity index (χ2v) is 4.38. The zero-order valence-electron chi connectivity index (χ0n) is 8.37. The van der Waals surface area contributed by atoms with Gasteiger partial charge in [0.1, 0.15) is 0 Å². The van der Waals surface area contributed by atoms with Crippen LogP contribution in [-0.4, -0.2) is 16.7 Å². The summed E-state index contributed by atoms with van der Waals surface area (Å²) in [5, 5.41) is 9.13. The van der Waals surface area contributed by atoms with Crippen LogP contribution in [0.1, 0.15) is 19.4 Å². The average molecular weight is 256 g/mol. The largest absolute Gasteiger partial charge is 0.392 e. The lowest BCUT2D eigenvalue weighted by atomic mass is 10.0. The van der Waals surface area contributed by atoms with Gasteiger partial charge in [-0.15, -0.1) is 0 Å². The van der Waals surface area contributed by atoms with E-state index in [1.54, 1.807) is 12.4 Å². The highest BCUT2D eigenvalue weighted by Gasteiger charge is 2.01. The molecule has 0 bridgehead atoms. The molecule has 0 aliphatic carbocycles. The number of aromatic nitrogens is 1. The molecule has 0 saturated carbocycles. The van der Waals surface area contributed by atoms with E-state index in [9.17, 15) is 0 Å². The van der Waals surface area contributed by atoms with Crippen molar-refractivity contribution in [3.8, 4) is 0 Å². The molecule has 0 aromatic carbocycles. The molecule has 0 spiro atoms. The van der Waals surface area contributed by atoms with Gasteiger partial charge in [0.2, 0.25) is 0 Å². The van der Waals surface area contributed by atoms with Crippen molar-refractivity contribution in [3.63, 3.8) is 0 Å². The fourth-order valence-electron chi connectivity index (χ4n) is 1.12. The Bertz CT molecular complexity index is 334. The molecule has 0 atom stereocenters. The number of hydrogen-bond donors (Lipinski definition) is 1. The van der Waals surface area contributed by atoms with Crippen LogP contribution >= 0.6 is 15.9 Å². The summed E-state index contributed by atoms with van der Waals surface area (Å²) < 4.78 is 0.951. The first kappa shape index (κ1) is 11.4. The smallest absolute Gasteiger partial charge is 0.0647 e. The summed E-state index contributed by atoms with van der Waals surface area (Å²) in [4.78, 5) is 4.06. The van der Waals surface area contributed by atoms with Crippen LogP contribution in [0.4, 0.5) is 0 Å². The second-order valence-electron chi connectivity index (χ2n) is 3.47. The maximum atomic E-state index is 9.13. The van der Waals surface area contributed by atoms with Crippen molar-refractivity contribution in [1.29, 1.82) is 0 Å². The van der Waals surface area contributed by atoms with Crippen LogP contribution in [0.3, 0.4) is 0 Å². The summed E-state index contributed by atoms with van der Waals surface area (Å²) >= 11 is 3.36. The van der Waals surface area contributed by atoms with Crippen molar-refractivity contribution in [1.82, 2.24) is 4.98 Å². The molecule has 0 radical (unpaired) electrons. The van der Waals surface area contributed by atoms with Gasteiger partial charge in [-0.1, -0.05) is 19.9 Å². The zero-order chi connectivity index (χ0) is 10.6. The molecule has 0 saturated heterocycles. The van der Waals surface area contributed by atoms with Crippen molar-refractivity contribution in [3.05, 3.63) is 34.1 Å². The fourth-order valence-corrected chi connectivity index (χ4v) is 1.50. The molecular weight excluding hydrogens is 242 g/mol. The molecule has 1 rings (SSSR count).